The van der Waals surface area contributed by atoms with Gasteiger partial charge in [0.05, 0.1) is 13.7 Å². The Morgan fingerprint density at radius 1 is 1.14 bits per heavy atom. The molecule has 2 aromatic carbocycles. The number of aromatic amines is 1. The van der Waals surface area contributed by atoms with Crippen LogP contribution in [-0.4, -0.2) is 29.8 Å². The summed E-state index contributed by atoms with van der Waals surface area (Å²) in [6.07, 6.45) is 1.21. The summed E-state index contributed by atoms with van der Waals surface area (Å²) in [6.45, 7) is 2.53. The highest BCUT2D eigenvalue weighted by Gasteiger charge is 2.30. The van der Waals surface area contributed by atoms with Crippen molar-refractivity contribution in [1.29, 1.82) is 0 Å². The number of benzene rings is 2. The van der Waals surface area contributed by atoms with Crippen LogP contribution < -0.4 is 14.8 Å². The minimum Gasteiger partial charge on any atom is -0.493 e. The first-order valence-corrected chi connectivity index (χ1v) is 9.35. The highest BCUT2D eigenvalue weighted by Crippen LogP contribution is 2.40. The molecular formula is C22H23N3O3. The van der Waals surface area contributed by atoms with Gasteiger partial charge in [0, 0.05) is 30.0 Å². The van der Waals surface area contributed by atoms with Crippen LogP contribution in [0.2, 0.25) is 0 Å². The van der Waals surface area contributed by atoms with Gasteiger partial charge < -0.3 is 14.8 Å². The molecule has 0 spiro atoms. The minimum absolute atomic E-state index is 0.0360. The van der Waals surface area contributed by atoms with E-state index in [1.54, 1.807) is 7.11 Å². The lowest BCUT2D eigenvalue weighted by molar-refractivity contribution is -0.116. The Hall–Kier alpha value is -3.28. The van der Waals surface area contributed by atoms with Crippen LogP contribution in [0.3, 0.4) is 0 Å². The van der Waals surface area contributed by atoms with E-state index in [0.29, 0.717) is 30.3 Å². The van der Waals surface area contributed by atoms with Gasteiger partial charge in [-0.3, -0.25) is 9.89 Å². The Bertz CT molecular complexity index is 982. The van der Waals surface area contributed by atoms with Gasteiger partial charge in [-0.1, -0.05) is 36.4 Å². The number of methoxy groups -OCH3 is 1. The highest BCUT2D eigenvalue weighted by molar-refractivity contribution is 5.94. The number of ether oxygens (including phenoxy) is 2. The number of aryl methyl sites for hydroxylation is 1. The third-order valence-electron chi connectivity index (χ3n) is 5.07. The summed E-state index contributed by atoms with van der Waals surface area (Å²) < 4.78 is 11.5. The fraction of sp³-hybridized carbons (Fsp3) is 0.273. The van der Waals surface area contributed by atoms with Gasteiger partial charge in [-0.2, -0.15) is 5.10 Å². The molecule has 144 valence electrons. The molecule has 4 rings (SSSR count). The predicted molar refractivity (Wildman–Crippen MR) is 107 cm³/mol. The molecule has 3 aromatic rings. The predicted octanol–water partition coefficient (Wildman–Crippen LogP) is 3.82. The average Bonchev–Trinajstić information content (AvgIpc) is 3.09. The number of fused-ring (bicyclic) bond motifs is 1. The summed E-state index contributed by atoms with van der Waals surface area (Å²) in [7, 11) is 1.63. The van der Waals surface area contributed by atoms with E-state index in [0.717, 1.165) is 23.2 Å². The summed E-state index contributed by atoms with van der Waals surface area (Å²) in [5.41, 5.74) is 4.23. The van der Waals surface area contributed by atoms with E-state index in [1.165, 1.54) is 5.56 Å². The number of hydrogen-bond acceptors (Lipinski definition) is 4. The van der Waals surface area contributed by atoms with Crippen molar-refractivity contribution in [2.45, 2.75) is 25.7 Å². The van der Waals surface area contributed by atoms with E-state index in [9.17, 15) is 4.79 Å². The third-order valence-corrected chi connectivity index (χ3v) is 5.07. The van der Waals surface area contributed by atoms with Crippen molar-refractivity contribution in [3.8, 4) is 11.5 Å². The lowest BCUT2D eigenvalue weighted by Gasteiger charge is -2.23. The number of carbonyl (C=O) groups is 1. The van der Waals surface area contributed by atoms with Crippen molar-refractivity contribution in [2.75, 3.05) is 19.0 Å². The van der Waals surface area contributed by atoms with Crippen LogP contribution in [0, 0.1) is 6.92 Å². The van der Waals surface area contributed by atoms with Gasteiger partial charge in [0.1, 0.15) is 0 Å². The molecule has 1 aromatic heterocycles. The standard InChI is InChI=1S/C22H23N3O3/c1-14-21-17(13-20(26)23-22(21)25-24-14)16-8-9-18(19(12-16)27-2)28-11-10-15-6-4-3-5-7-15/h3-9,12,17H,10-11,13H2,1-2H3,(H2,23,24,25,26)/t17-/m1/s1. The number of rotatable bonds is 6. The van der Waals surface area contributed by atoms with Crippen molar-refractivity contribution < 1.29 is 14.3 Å². The lowest BCUT2D eigenvalue weighted by atomic mass is 9.85. The van der Waals surface area contributed by atoms with E-state index in [-0.39, 0.29) is 11.8 Å². The fourth-order valence-corrected chi connectivity index (χ4v) is 3.66. The zero-order valence-corrected chi connectivity index (χ0v) is 16.0. The number of nitrogens with one attached hydrogen (secondary N) is 2. The van der Waals surface area contributed by atoms with E-state index < -0.39 is 0 Å². The number of anilines is 1. The molecule has 2 heterocycles. The normalized spacial score (nSPS) is 15.6. The summed E-state index contributed by atoms with van der Waals surface area (Å²) in [4.78, 5) is 12.1. The van der Waals surface area contributed by atoms with Gasteiger partial charge in [0.2, 0.25) is 5.91 Å². The van der Waals surface area contributed by atoms with Crippen LogP contribution in [0.1, 0.15) is 34.7 Å². The molecule has 6 heteroatoms. The second-order valence-corrected chi connectivity index (χ2v) is 6.91. The van der Waals surface area contributed by atoms with Crippen LogP contribution in [-0.2, 0) is 11.2 Å². The summed E-state index contributed by atoms with van der Waals surface area (Å²) >= 11 is 0. The lowest BCUT2D eigenvalue weighted by Crippen LogP contribution is -2.23. The number of amides is 1. The molecule has 0 saturated heterocycles. The second kappa shape index (κ2) is 7.76. The number of hydrogen-bond donors (Lipinski definition) is 2. The van der Waals surface area contributed by atoms with Gasteiger partial charge >= 0.3 is 0 Å². The van der Waals surface area contributed by atoms with Gasteiger partial charge in [0.25, 0.3) is 0 Å². The third kappa shape index (κ3) is 3.58. The molecule has 28 heavy (non-hydrogen) atoms. The Morgan fingerprint density at radius 2 is 1.96 bits per heavy atom. The number of nitrogens with zero attached hydrogens (tertiary/aromatic N) is 1. The van der Waals surface area contributed by atoms with Crippen molar-refractivity contribution in [3.63, 3.8) is 0 Å². The SMILES string of the molecule is COc1cc([C@H]2CC(=O)Nc3n[nH]c(C)c32)ccc1OCCc1ccccc1. The highest BCUT2D eigenvalue weighted by atomic mass is 16.5. The molecule has 2 N–H and O–H groups in total. The number of H-pyrrole nitrogens is 1. The van der Waals surface area contributed by atoms with Gasteiger partial charge in [0.15, 0.2) is 17.3 Å². The largest absolute Gasteiger partial charge is 0.493 e. The monoisotopic (exact) mass is 377 g/mol. The van der Waals surface area contributed by atoms with Crippen molar-refractivity contribution >= 4 is 11.7 Å². The summed E-state index contributed by atoms with van der Waals surface area (Å²) in [5.74, 6) is 1.88. The summed E-state index contributed by atoms with van der Waals surface area (Å²) in [6, 6.07) is 16.1. The van der Waals surface area contributed by atoms with Gasteiger partial charge in [-0.05, 0) is 30.2 Å². The maximum absolute atomic E-state index is 12.1. The zero-order chi connectivity index (χ0) is 19.5. The molecule has 0 radical (unpaired) electrons. The van der Waals surface area contributed by atoms with Gasteiger partial charge in [-0.25, -0.2) is 0 Å². The number of aromatic nitrogens is 2. The van der Waals surface area contributed by atoms with Crippen LogP contribution in [0.5, 0.6) is 11.5 Å². The van der Waals surface area contributed by atoms with E-state index >= 15 is 0 Å². The molecule has 1 aliphatic rings. The molecular weight excluding hydrogens is 354 g/mol. The smallest absolute Gasteiger partial charge is 0.226 e. The topological polar surface area (TPSA) is 76.2 Å². The van der Waals surface area contributed by atoms with Crippen molar-refractivity contribution in [2.24, 2.45) is 0 Å². The van der Waals surface area contributed by atoms with Crippen LogP contribution in [0.15, 0.2) is 48.5 Å². The van der Waals surface area contributed by atoms with E-state index in [4.69, 9.17) is 9.47 Å². The maximum atomic E-state index is 12.1. The number of carbonyl (C=O) groups excluding carboxylic acids is 1. The first-order chi connectivity index (χ1) is 13.7. The molecule has 6 nitrogen and oxygen atoms in total. The van der Waals surface area contributed by atoms with Crippen LogP contribution in [0.4, 0.5) is 5.82 Å². The minimum atomic E-state index is -0.0604. The van der Waals surface area contributed by atoms with E-state index in [2.05, 4.69) is 27.6 Å². The molecule has 0 aliphatic carbocycles. The maximum Gasteiger partial charge on any atom is 0.226 e. The van der Waals surface area contributed by atoms with Gasteiger partial charge in [-0.15, -0.1) is 0 Å². The second-order valence-electron chi connectivity index (χ2n) is 6.91. The molecule has 1 aliphatic heterocycles. The van der Waals surface area contributed by atoms with E-state index in [1.807, 2.05) is 43.3 Å². The van der Waals surface area contributed by atoms with Crippen LogP contribution >= 0.6 is 0 Å². The first kappa shape index (κ1) is 18.1. The molecule has 0 unspecified atom stereocenters. The first-order valence-electron chi connectivity index (χ1n) is 9.35. The molecule has 0 fully saturated rings. The quantitative estimate of drug-likeness (QED) is 0.685. The molecule has 0 saturated carbocycles. The Morgan fingerprint density at radius 3 is 2.75 bits per heavy atom. The fourth-order valence-electron chi connectivity index (χ4n) is 3.66. The van der Waals surface area contributed by atoms with Crippen molar-refractivity contribution in [1.82, 2.24) is 10.2 Å². The molecule has 0 bridgehead atoms. The zero-order valence-electron chi connectivity index (χ0n) is 16.0. The summed E-state index contributed by atoms with van der Waals surface area (Å²) in [5, 5.41) is 9.99. The van der Waals surface area contributed by atoms with Crippen molar-refractivity contribution in [3.05, 3.63) is 70.9 Å². The van der Waals surface area contributed by atoms with Crippen LogP contribution in [0.25, 0.3) is 0 Å². The Kier molecular flexibility index (Phi) is 5.02. The molecule has 1 amide bonds. The Labute approximate surface area is 163 Å². The average molecular weight is 377 g/mol. The Balaban J connectivity index is 1.54. The molecule has 1 atom stereocenters.